The van der Waals surface area contributed by atoms with Crippen LogP contribution in [0.5, 0.6) is 0 Å². The maximum Gasteiger partial charge on any atom is 0.120 e. The Balaban J connectivity index is 0. The molecule has 0 fully saturated rings. The maximum absolute atomic E-state index is 3.99. The van der Waals surface area contributed by atoms with Crippen molar-refractivity contribution in [2.45, 2.75) is 34.2 Å². The molecule has 0 bridgehead atoms. The summed E-state index contributed by atoms with van der Waals surface area (Å²) in [5.41, 5.74) is 0. The van der Waals surface area contributed by atoms with E-state index in [1.165, 1.54) is 0 Å². The lowest BCUT2D eigenvalue weighted by molar-refractivity contribution is 0.772. The zero-order chi connectivity index (χ0) is 9.82. The molecule has 0 aliphatic heterocycles. The lowest BCUT2D eigenvalue weighted by Crippen LogP contribution is -2.05. The Labute approximate surface area is 75.6 Å². The summed E-state index contributed by atoms with van der Waals surface area (Å²) in [5, 5.41) is 2.98. The molecule has 3 heteroatoms. The Morgan fingerprint density at radius 3 is 2.25 bits per heavy atom. The van der Waals surface area contributed by atoms with Gasteiger partial charge in [-0.15, -0.1) is 0 Å². The van der Waals surface area contributed by atoms with Gasteiger partial charge in [0.05, 0.1) is 6.54 Å². The van der Waals surface area contributed by atoms with Gasteiger partial charge in [0, 0.05) is 12.4 Å². The van der Waals surface area contributed by atoms with Crippen LogP contribution in [0.3, 0.4) is 0 Å². The van der Waals surface area contributed by atoms with Gasteiger partial charge in [-0.2, -0.15) is 0 Å². The van der Waals surface area contributed by atoms with Crippen molar-refractivity contribution in [3.8, 4) is 0 Å². The molecule has 0 atom stereocenters. The minimum absolute atomic E-state index is 0.812. The smallest absolute Gasteiger partial charge is 0.120 e. The van der Waals surface area contributed by atoms with Gasteiger partial charge < -0.3 is 10.3 Å². The molecule has 0 saturated heterocycles. The monoisotopic (exact) mass is 171 g/mol. The highest BCUT2D eigenvalue weighted by molar-refractivity contribution is 4.85. The summed E-state index contributed by atoms with van der Waals surface area (Å²) in [6, 6.07) is 0. The van der Waals surface area contributed by atoms with E-state index in [1.54, 1.807) is 6.20 Å². The molecule has 0 unspecified atom stereocenters. The van der Waals surface area contributed by atoms with Crippen molar-refractivity contribution < 1.29 is 0 Å². The van der Waals surface area contributed by atoms with Crippen LogP contribution in [0, 0.1) is 0 Å². The van der Waals surface area contributed by atoms with E-state index >= 15 is 0 Å². The molecule has 3 nitrogen and oxygen atoms in total. The molecule has 1 aromatic heterocycles. The quantitative estimate of drug-likeness (QED) is 0.716. The van der Waals surface area contributed by atoms with Crippen LogP contribution >= 0.6 is 0 Å². The SMILES string of the molecule is CC.CC.CNCc1ncc[nH]1. The molecule has 2 N–H and O–H groups in total. The molecule has 0 aliphatic rings. The fourth-order valence-corrected chi connectivity index (χ4v) is 0.562. The van der Waals surface area contributed by atoms with Crippen LogP contribution in [0.4, 0.5) is 0 Å². The largest absolute Gasteiger partial charge is 0.348 e. The number of imidazole rings is 1. The fraction of sp³-hybridized carbons (Fsp3) is 0.667. The molecule has 0 spiro atoms. The second-order valence-corrected chi connectivity index (χ2v) is 1.57. The third-order valence-corrected chi connectivity index (χ3v) is 0.899. The summed E-state index contributed by atoms with van der Waals surface area (Å²) < 4.78 is 0. The molecule has 72 valence electrons. The van der Waals surface area contributed by atoms with Gasteiger partial charge in [-0.1, -0.05) is 27.7 Å². The lowest BCUT2D eigenvalue weighted by Gasteiger charge is -1.89. The Kier molecular flexibility index (Phi) is 14.7. The van der Waals surface area contributed by atoms with Gasteiger partial charge in [-0.3, -0.25) is 0 Å². The Morgan fingerprint density at radius 1 is 1.33 bits per heavy atom. The highest BCUT2D eigenvalue weighted by Gasteiger charge is 1.86. The van der Waals surface area contributed by atoms with Crippen LogP contribution < -0.4 is 5.32 Å². The van der Waals surface area contributed by atoms with Crippen molar-refractivity contribution in [3.63, 3.8) is 0 Å². The average molecular weight is 171 g/mol. The molecule has 0 radical (unpaired) electrons. The van der Waals surface area contributed by atoms with Crippen molar-refractivity contribution in [1.29, 1.82) is 0 Å². The number of rotatable bonds is 2. The van der Waals surface area contributed by atoms with Crippen LogP contribution in [-0.2, 0) is 6.54 Å². The van der Waals surface area contributed by atoms with Gasteiger partial charge in [-0.05, 0) is 7.05 Å². The van der Waals surface area contributed by atoms with Crippen LogP contribution in [0.2, 0.25) is 0 Å². The van der Waals surface area contributed by atoms with E-state index in [1.807, 2.05) is 40.9 Å². The third-order valence-electron chi connectivity index (χ3n) is 0.899. The molecule has 0 aromatic carbocycles. The zero-order valence-corrected chi connectivity index (χ0v) is 8.81. The molecule has 0 aliphatic carbocycles. The molecule has 1 aromatic rings. The topological polar surface area (TPSA) is 40.7 Å². The summed E-state index contributed by atoms with van der Waals surface area (Å²) in [6.45, 7) is 8.81. The molecule has 1 rings (SSSR count). The van der Waals surface area contributed by atoms with Crippen LogP contribution in [-0.4, -0.2) is 17.0 Å². The van der Waals surface area contributed by atoms with Gasteiger partial charge in [-0.25, -0.2) is 4.98 Å². The van der Waals surface area contributed by atoms with Crippen LogP contribution in [0.1, 0.15) is 33.5 Å². The summed E-state index contributed by atoms with van der Waals surface area (Å²) in [6.07, 6.45) is 3.55. The van der Waals surface area contributed by atoms with Crippen molar-refractivity contribution >= 4 is 0 Å². The number of hydrogen-bond acceptors (Lipinski definition) is 2. The number of nitrogens with one attached hydrogen (secondary N) is 2. The first-order valence-corrected chi connectivity index (χ1v) is 4.56. The van der Waals surface area contributed by atoms with Gasteiger partial charge in [0.15, 0.2) is 0 Å². The molecule has 1 heterocycles. The average Bonchev–Trinajstić information content (AvgIpc) is 2.65. The highest BCUT2D eigenvalue weighted by atomic mass is 14.9. The molecular weight excluding hydrogens is 150 g/mol. The van der Waals surface area contributed by atoms with Gasteiger partial charge in [0.1, 0.15) is 5.82 Å². The first-order valence-electron chi connectivity index (χ1n) is 4.56. The third kappa shape index (κ3) is 7.28. The van der Waals surface area contributed by atoms with Gasteiger partial charge in [0.2, 0.25) is 0 Å². The second kappa shape index (κ2) is 12.8. The van der Waals surface area contributed by atoms with E-state index in [0.29, 0.717) is 0 Å². The predicted molar refractivity (Wildman–Crippen MR) is 54.0 cm³/mol. The summed E-state index contributed by atoms with van der Waals surface area (Å²) >= 11 is 0. The molecular formula is C9H21N3. The van der Waals surface area contributed by atoms with E-state index in [9.17, 15) is 0 Å². The van der Waals surface area contributed by atoms with Gasteiger partial charge in [0.25, 0.3) is 0 Å². The van der Waals surface area contributed by atoms with E-state index < -0.39 is 0 Å². The fourth-order valence-electron chi connectivity index (χ4n) is 0.562. The molecule has 0 saturated carbocycles. The number of H-pyrrole nitrogens is 1. The molecule has 12 heavy (non-hydrogen) atoms. The van der Waals surface area contributed by atoms with Crippen LogP contribution in [0.25, 0.3) is 0 Å². The number of nitrogens with zero attached hydrogens (tertiary/aromatic N) is 1. The van der Waals surface area contributed by atoms with E-state index in [4.69, 9.17) is 0 Å². The standard InChI is InChI=1S/C5H9N3.2C2H6/c1-6-4-5-7-2-3-8-5;2*1-2/h2-3,6H,4H2,1H3,(H,7,8);2*1-2H3. The summed E-state index contributed by atoms with van der Waals surface area (Å²) in [7, 11) is 1.89. The maximum atomic E-state index is 3.99. The number of aromatic amines is 1. The Bertz CT molecular complexity index is 135. The van der Waals surface area contributed by atoms with Crippen molar-refractivity contribution in [1.82, 2.24) is 15.3 Å². The minimum atomic E-state index is 0.812. The lowest BCUT2D eigenvalue weighted by atomic mass is 10.6. The Hall–Kier alpha value is -0.830. The van der Waals surface area contributed by atoms with E-state index in [2.05, 4.69) is 15.3 Å². The Morgan fingerprint density at radius 2 is 1.92 bits per heavy atom. The van der Waals surface area contributed by atoms with Crippen molar-refractivity contribution in [2.75, 3.05) is 7.05 Å². The second-order valence-electron chi connectivity index (χ2n) is 1.57. The predicted octanol–water partition coefficient (Wildman–Crippen LogP) is 2.18. The number of aromatic nitrogens is 2. The first-order chi connectivity index (χ1) is 5.93. The first kappa shape index (κ1) is 13.7. The van der Waals surface area contributed by atoms with Crippen molar-refractivity contribution in [2.24, 2.45) is 0 Å². The summed E-state index contributed by atoms with van der Waals surface area (Å²) in [5.74, 6) is 0.979. The van der Waals surface area contributed by atoms with E-state index in [-0.39, 0.29) is 0 Å². The highest BCUT2D eigenvalue weighted by Crippen LogP contribution is 1.83. The van der Waals surface area contributed by atoms with Crippen molar-refractivity contribution in [3.05, 3.63) is 18.2 Å². The van der Waals surface area contributed by atoms with Gasteiger partial charge >= 0.3 is 0 Å². The normalized spacial score (nSPS) is 7.42. The van der Waals surface area contributed by atoms with E-state index in [0.717, 1.165) is 12.4 Å². The molecule has 0 amide bonds. The number of hydrogen-bond donors (Lipinski definition) is 2. The zero-order valence-electron chi connectivity index (χ0n) is 8.81. The summed E-state index contributed by atoms with van der Waals surface area (Å²) in [4.78, 5) is 6.95. The minimum Gasteiger partial charge on any atom is -0.348 e. The van der Waals surface area contributed by atoms with Crippen LogP contribution in [0.15, 0.2) is 12.4 Å².